The van der Waals surface area contributed by atoms with Crippen LogP contribution in [0.3, 0.4) is 0 Å². The van der Waals surface area contributed by atoms with Crippen molar-refractivity contribution < 1.29 is 19.2 Å². The molecule has 1 amide bonds. The van der Waals surface area contributed by atoms with Gasteiger partial charge in [0, 0.05) is 6.07 Å². The topological polar surface area (TPSA) is 122 Å². The molecule has 0 aromatic heterocycles. The first-order valence-corrected chi connectivity index (χ1v) is 9.20. The second-order valence-corrected chi connectivity index (χ2v) is 6.80. The van der Waals surface area contributed by atoms with Crippen LogP contribution in [0.5, 0.6) is 0 Å². The summed E-state index contributed by atoms with van der Waals surface area (Å²) in [5.41, 5.74) is 1.19. The molecule has 1 N–H and O–H groups in total. The number of nitrogens with zero attached hydrogens (tertiary/aromatic N) is 2. The molecular formula is C22H21N3O5. The molecule has 0 saturated heterocycles. The van der Waals surface area contributed by atoms with E-state index in [0.29, 0.717) is 11.5 Å². The molecule has 0 unspecified atom stereocenters. The largest absolute Gasteiger partial charge is 0.448 e. The van der Waals surface area contributed by atoms with Gasteiger partial charge in [-0.25, -0.2) is 4.79 Å². The van der Waals surface area contributed by atoms with Crippen molar-refractivity contribution in [3.63, 3.8) is 0 Å². The third-order valence-corrected chi connectivity index (χ3v) is 4.27. The van der Waals surface area contributed by atoms with Crippen LogP contribution < -0.4 is 5.32 Å². The summed E-state index contributed by atoms with van der Waals surface area (Å²) in [6.07, 6.45) is 0.108. The van der Waals surface area contributed by atoms with Gasteiger partial charge in [-0.2, -0.15) is 5.26 Å². The Morgan fingerprint density at radius 3 is 2.33 bits per heavy atom. The van der Waals surface area contributed by atoms with Gasteiger partial charge in [0.25, 0.3) is 11.6 Å². The number of esters is 1. The van der Waals surface area contributed by atoms with Crippen molar-refractivity contribution in [3.05, 3.63) is 75.3 Å². The maximum Gasteiger partial charge on any atom is 0.349 e. The Kier molecular flexibility index (Phi) is 7.42. The van der Waals surface area contributed by atoms with E-state index in [2.05, 4.69) is 19.2 Å². The summed E-state index contributed by atoms with van der Waals surface area (Å²) in [5.74, 6) is -1.37. The van der Waals surface area contributed by atoms with E-state index in [1.54, 1.807) is 18.2 Å². The number of nitrogens with one attached hydrogen (secondary N) is 1. The molecule has 2 aromatic carbocycles. The predicted molar refractivity (Wildman–Crippen MR) is 111 cm³/mol. The lowest BCUT2D eigenvalue weighted by Gasteiger charge is -2.13. The molecule has 0 fully saturated rings. The van der Waals surface area contributed by atoms with Gasteiger partial charge in [0.05, 0.1) is 4.92 Å². The lowest BCUT2D eigenvalue weighted by atomic mass is 10.0. The van der Waals surface area contributed by atoms with E-state index in [4.69, 9.17) is 4.74 Å². The first kappa shape index (κ1) is 22.3. The van der Waals surface area contributed by atoms with Gasteiger partial charge in [-0.1, -0.05) is 50.2 Å². The van der Waals surface area contributed by atoms with Crippen molar-refractivity contribution in [1.29, 1.82) is 5.26 Å². The van der Waals surface area contributed by atoms with Crippen LogP contribution in [0.15, 0.2) is 54.1 Å². The fraction of sp³-hybridized carbons (Fsp3) is 0.227. The van der Waals surface area contributed by atoms with Crippen molar-refractivity contribution in [1.82, 2.24) is 0 Å². The van der Waals surface area contributed by atoms with Crippen LogP contribution in [0, 0.1) is 21.4 Å². The van der Waals surface area contributed by atoms with Gasteiger partial charge < -0.3 is 10.1 Å². The molecule has 0 spiro atoms. The number of amides is 1. The fourth-order valence-corrected chi connectivity index (χ4v) is 2.53. The molecule has 8 heteroatoms. The number of hydrogen-bond donors (Lipinski definition) is 1. The number of para-hydroxylation sites is 2. The molecule has 8 nitrogen and oxygen atoms in total. The molecule has 0 saturated carbocycles. The van der Waals surface area contributed by atoms with Crippen molar-refractivity contribution in [3.8, 4) is 6.07 Å². The normalized spacial score (nSPS) is 12.0. The minimum absolute atomic E-state index is 0.0170. The van der Waals surface area contributed by atoms with Crippen LogP contribution >= 0.6 is 0 Å². The minimum Gasteiger partial charge on any atom is -0.448 e. The zero-order valence-corrected chi connectivity index (χ0v) is 16.8. The third-order valence-electron chi connectivity index (χ3n) is 4.27. The average Bonchev–Trinajstić information content (AvgIpc) is 2.72. The minimum atomic E-state index is -1.27. The van der Waals surface area contributed by atoms with Crippen LogP contribution in [0.1, 0.15) is 37.8 Å². The number of anilines is 1. The van der Waals surface area contributed by atoms with Crippen molar-refractivity contribution >= 4 is 29.3 Å². The standard InChI is InChI=1S/C22H21N3O5/c1-14(2)17-10-8-16(9-11-17)12-18(13-23)22(27)30-15(3)21(26)24-19-6-4-5-7-20(19)25(28)29/h4-12,14-15H,1-3H3,(H,24,26)/b18-12+/t15-/m1/s1. The second kappa shape index (κ2) is 9.98. The molecular weight excluding hydrogens is 386 g/mol. The van der Waals surface area contributed by atoms with Crippen molar-refractivity contribution in [2.24, 2.45) is 0 Å². The van der Waals surface area contributed by atoms with Crippen LogP contribution in [-0.4, -0.2) is 22.9 Å². The van der Waals surface area contributed by atoms with Crippen LogP contribution in [0.25, 0.3) is 6.08 Å². The molecule has 30 heavy (non-hydrogen) atoms. The number of ether oxygens (including phenoxy) is 1. The van der Waals surface area contributed by atoms with Crippen LogP contribution in [-0.2, 0) is 14.3 Å². The maximum atomic E-state index is 12.3. The van der Waals surface area contributed by atoms with E-state index >= 15 is 0 Å². The zero-order valence-electron chi connectivity index (χ0n) is 16.8. The van der Waals surface area contributed by atoms with E-state index in [-0.39, 0.29) is 16.9 Å². The van der Waals surface area contributed by atoms with Crippen LogP contribution in [0.2, 0.25) is 0 Å². The SMILES string of the molecule is CC(C)c1ccc(/C=C(\C#N)C(=O)O[C@H](C)C(=O)Nc2ccccc2[N+](=O)[O-])cc1. The number of nitriles is 1. The highest BCUT2D eigenvalue weighted by molar-refractivity contribution is 6.01. The smallest absolute Gasteiger partial charge is 0.349 e. The monoisotopic (exact) mass is 407 g/mol. The van der Waals surface area contributed by atoms with Gasteiger partial charge in [-0.15, -0.1) is 0 Å². The molecule has 0 radical (unpaired) electrons. The second-order valence-electron chi connectivity index (χ2n) is 6.80. The van der Waals surface area contributed by atoms with Gasteiger partial charge in [0.2, 0.25) is 0 Å². The average molecular weight is 407 g/mol. The molecule has 2 aromatic rings. The Hall–Kier alpha value is -3.99. The molecule has 0 aliphatic rings. The molecule has 2 rings (SSSR count). The summed E-state index contributed by atoms with van der Waals surface area (Å²) in [7, 11) is 0. The van der Waals surface area contributed by atoms with Gasteiger partial charge in [0.15, 0.2) is 6.10 Å². The maximum absolute atomic E-state index is 12.3. The summed E-state index contributed by atoms with van der Waals surface area (Å²) >= 11 is 0. The van der Waals surface area contributed by atoms with E-state index in [0.717, 1.165) is 5.56 Å². The number of benzene rings is 2. The highest BCUT2D eigenvalue weighted by Crippen LogP contribution is 2.23. The van der Waals surface area contributed by atoms with E-state index in [1.807, 2.05) is 12.1 Å². The predicted octanol–water partition coefficient (Wildman–Crippen LogP) is 4.20. The quantitative estimate of drug-likeness (QED) is 0.241. The number of carbonyl (C=O) groups excluding carboxylic acids is 2. The first-order valence-electron chi connectivity index (χ1n) is 9.20. The summed E-state index contributed by atoms with van der Waals surface area (Å²) in [6, 6.07) is 14.7. The van der Waals surface area contributed by atoms with E-state index in [9.17, 15) is 25.0 Å². The Morgan fingerprint density at radius 2 is 1.77 bits per heavy atom. The van der Waals surface area contributed by atoms with Crippen LogP contribution in [0.4, 0.5) is 11.4 Å². The molecule has 154 valence electrons. The third kappa shape index (κ3) is 5.75. The van der Waals surface area contributed by atoms with Gasteiger partial charge in [0.1, 0.15) is 17.3 Å². The highest BCUT2D eigenvalue weighted by atomic mass is 16.6. The lowest BCUT2D eigenvalue weighted by molar-refractivity contribution is -0.383. The Labute approximate surface area is 173 Å². The number of carbonyl (C=O) groups is 2. The van der Waals surface area contributed by atoms with Gasteiger partial charge in [-0.3, -0.25) is 14.9 Å². The number of hydrogen-bond acceptors (Lipinski definition) is 6. The first-order chi connectivity index (χ1) is 14.2. The fourth-order valence-electron chi connectivity index (χ4n) is 2.53. The summed E-state index contributed by atoms with van der Waals surface area (Å²) in [4.78, 5) is 35.0. The van der Waals surface area contributed by atoms with Crippen molar-refractivity contribution in [2.75, 3.05) is 5.32 Å². The Bertz CT molecular complexity index is 1020. The molecule has 1 atom stereocenters. The lowest BCUT2D eigenvalue weighted by Crippen LogP contribution is -2.30. The van der Waals surface area contributed by atoms with E-state index in [1.165, 1.54) is 37.3 Å². The van der Waals surface area contributed by atoms with Crippen molar-refractivity contribution in [2.45, 2.75) is 32.8 Å². The number of nitro groups is 1. The Balaban J connectivity index is 2.08. The number of nitro benzene ring substituents is 1. The Morgan fingerprint density at radius 1 is 1.13 bits per heavy atom. The summed E-state index contributed by atoms with van der Waals surface area (Å²) in [5, 5.41) is 22.7. The van der Waals surface area contributed by atoms with Gasteiger partial charge in [-0.05, 0) is 36.1 Å². The molecule has 0 aliphatic heterocycles. The molecule has 0 heterocycles. The zero-order chi connectivity index (χ0) is 22.3. The summed E-state index contributed by atoms with van der Waals surface area (Å²) in [6.45, 7) is 5.42. The number of rotatable bonds is 7. The van der Waals surface area contributed by atoms with Gasteiger partial charge >= 0.3 is 5.97 Å². The highest BCUT2D eigenvalue weighted by Gasteiger charge is 2.23. The van der Waals surface area contributed by atoms with E-state index < -0.39 is 22.9 Å². The molecule has 0 aliphatic carbocycles. The summed E-state index contributed by atoms with van der Waals surface area (Å²) < 4.78 is 5.06. The molecule has 0 bridgehead atoms.